The lowest BCUT2D eigenvalue weighted by Gasteiger charge is -2.55. The van der Waals surface area contributed by atoms with Crippen LogP contribution < -0.4 is 15.5 Å². The zero-order valence-corrected chi connectivity index (χ0v) is 19.0. The topological polar surface area (TPSA) is 127 Å². The first-order valence-electron chi connectivity index (χ1n) is 10.9. The van der Waals surface area contributed by atoms with Gasteiger partial charge in [0, 0.05) is 24.5 Å². The van der Waals surface area contributed by atoms with Gasteiger partial charge in [-0.25, -0.2) is 4.79 Å². The number of amides is 4. The Balaban J connectivity index is 1.61. The quantitative estimate of drug-likeness (QED) is 0.507. The average Bonchev–Trinajstić information content (AvgIpc) is 3.21. The van der Waals surface area contributed by atoms with Gasteiger partial charge in [0.05, 0.1) is 29.3 Å². The number of pyridine rings is 1. The summed E-state index contributed by atoms with van der Waals surface area (Å²) in [5.74, 6) is -1.30. The van der Waals surface area contributed by atoms with Crippen molar-refractivity contribution < 1.29 is 23.6 Å². The fourth-order valence-electron chi connectivity index (χ4n) is 5.67. The molecule has 2 aromatic heterocycles. The van der Waals surface area contributed by atoms with Crippen LogP contribution in [0.3, 0.4) is 0 Å². The van der Waals surface area contributed by atoms with Crippen LogP contribution in [0.15, 0.2) is 35.1 Å². The maximum Gasteiger partial charge on any atom is 0.328 e. The minimum atomic E-state index is -1.58. The molecule has 1 spiro atoms. The van der Waals surface area contributed by atoms with Crippen LogP contribution in [0.5, 0.6) is 0 Å². The van der Waals surface area contributed by atoms with E-state index in [1.54, 1.807) is 24.5 Å². The molecule has 0 aliphatic carbocycles. The number of hydrogen-bond acceptors (Lipinski definition) is 8. The van der Waals surface area contributed by atoms with E-state index in [2.05, 4.69) is 20.8 Å². The summed E-state index contributed by atoms with van der Waals surface area (Å²) in [6, 6.07) is 3.97. The second-order valence-electron chi connectivity index (χ2n) is 8.98. The minimum absolute atomic E-state index is 0.0349. The SMILES string of the molecule is C[C@@H]1CN2c3c(cc4c(-c5ccncc5)noc4c3Cl)CC3(C(=O)NC(=O)NC3=O)[C@H]2[C@H](C)O1. The van der Waals surface area contributed by atoms with E-state index in [9.17, 15) is 14.4 Å². The summed E-state index contributed by atoms with van der Waals surface area (Å²) in [5, 5.41) is 9.83. The molecule has 0 radical (unpaired) electrons. The summed E-state index contributed by atoms with van der Waals surface area (Å²) >= 11 is 6.92. The maximum absolute atomic E-state index is 13.3. The molecule has 34 heavy (non-hydrogen) atoms. The molecule has 3 aliphatic rings. The fourth-order valence-corrected chi connectivity index (χ4v) is 6.03. The number of halogens is 1. The molecule has 3 aliphatic heterocycles. The predicted octanol–water partition coefficient (Wildman–Crippen LogP) is 2.43. The van der Waals surface area contributed by atoms with Gasteiger partial charge in [0.2, 0.25) is 11.8 Å². The van der Waals surface area contributed by atoms with Gasteiger partial charge >= 0.3 is 6.03 Å². The number of nitrogens with zero attached hydrogens (tertiary/aromatic N) is 3. The number of anilines is 1. The Morgan fingerprint density at radius 2 is 1.85 bits per heavy atom. The first-order chi connectivity index (χ1) is 16.3. The van der Waals surface area contributed by atoms with Gasteiger partial charge in [0.15, 0.2) is 11.0 Å². The molecular formula is C23H20ClN5O5. The van der Waals surface area contributed by atoms with Crippen molar-refractivity contribution in [1.29, 1.82) is 0 Å². The number of imide groups is 2. The molecule has 3 atom stereocenters. The Kier molecular flexibility index (Phi) is 4.49. The number of morpholine rings is 1. The van der Waals surface area contributed by atoms with Crippen LogP contribution in [0.4, 0.5) is 10.5 Å². The molecular weight excluding hydrogens is 462 g/mol. The normalized spacial score (nSPS) is 25.7. The van der Waals surface area contributed by atoms with E-state index >= 15 is 0 Å². The number of hydrogen-bond donors (Lipinski definition) is 2. The van der Waals surface area contributed by atoms with Crippen LogP contribution in [0.25, 0.3) is 22.2 Å². The van der Waals surface area contributed by atoms with Crippen LogP contribution in [0.1, 0.15) is 19.4 Å². The Morgan fingerprint density at radius 1 is 1.15 bits per heavy atom. The monoisotopic (exact) mass is 481 g/mol. The summed E-state index contributed by atoms with van der Waals surface area (Å²) in [6.45, 7) is 4.13. The molecule has 2 fully saturated rings. The number of aromatic nitrogens is 2. The summed E-state index contributed by atoms with van der Waals surface area (Å²) in [4.78, 5) is 44.5. The van der Waals surface area contributed by atoms with Gasteiger partial charge in [-0.1, -0.05) is 16.8 Å². The number of fused-ring (bicyclic) bond motifs is 5. The zero-order valence-electron chi connectivity index (χ0n) is 18.3. The summed E-state index contributed by atoms with van der Waals surface area (Å²) in [6.07, 6.45) is 2.67. The molecule has 2 saturated heterocycles. The molecule has 5 heterocycles. The molecule has 4 amide bonds. The second kappa shape index (κ2) is 7.25. The second-order valence-corrected chi connectivity index (χ2v) is 9.35. The Bertz CT molecular complexity index is 1350. The lowest BCUT2D eigenvalue weighted by Crippen LogP contribution is -2.75. The third-order valence-electron chi connectivity index (χ3n) is 6.92. The van der Waals surface area contributed by atoms with Crippen molar-refractivity contribution in [3.8, 4) is 11.3 Å². The Hall–Kier alpha value is -3.50. The highest BCUT2D eigenvalue weighted by Crippen LogP contribution is 2.51. The highest BCUT2D eigenvalue weighted by atomic mass is 35.5. The first-order valence-corrected chi connectivity index (χ1v) is 11.3. The molecule has 0 unspecified atom stereocenters. The van der Waals surface area contributed by atoms with Crippen molar-refractivity contribution in [1.82, 2.24) is 20.8 Å². The molecule has 0 bridgehead atoms. The van der Waals surface area contributed by atoms with Gasteiger partial charge in [0.25, 0.3) is 0 Å². The van der Waals surface area contributed by atoms with E-state index in [4.69, 9.17) is 20.9 Å². The molecule has 6 rings (SSSR count). The van der Waals surface area contributed by atoms with E-state index in [1.165, 1.54) is 0 Å². The number of benzene rings is 1. The number of carbonyl (C=O) groups is 3. The number of barbiturate groups is 1. The van der Waals surface area contributed by atoms with E-state index in [-0.39, 0.29) is 12.5 Å². The van der Waals surface area contributed by atoms with Crippen molar-refractivity contribution in [2.24, 2.45) is 5.41 Å². The van der Waals surface area contributed by atoms with Crippen LogP contribution >= 0.6 is 11.6 Å². The number of carbonyl (C=O) groups excluding carboxylic acids is 3. The summed E-state index contributed by atoms with van der Waals surface area (Å²) < 4.78 is 11.7. The van der Waals surface area contributed by atoms with E-state index in [0.29, 0.717) is 39.5 Å². The number of rotatable bonds is 1. The smallest absolute Gasteiger partial charge is 0.328 e. The highest BCUT2D eigenvalue weighted by Gasteiger charge is 2.63. The highest BCUT2D eigenvalue weighted by molar-refractivity contribution is 6.38. The van der Waals surface area contributed by atoms with Crippen molar-refractivity contribution in [3.63, 3.8) is 0 Å². The number of ether oxygens (including phenoxy) is 1. The maximum atomic E-state index is 13.3. The predicted molar refractivity (Wildman–Crippen MR) is 121 cm³/mol. The van der Waals surface area contributed by atoms with Crippen molar-refractivity contribution in [2.45, 2.75) is 38.5 Å². The Labute approximate surface area is 198 Å². The van der Waals surface area contributed by atoms with Crippen molar-refractivity contribution >= 4 is 46.1 Å². The molecule has 174 valence electrons. The third-order valence-corrected chi connectivity index (χ3v) is 7.27. The van der Waals surface area contributed by atoms with Gasteiger partial charge in [-0.15, -0.1) is 0 Å². The largest absolute Gasteiger partial charge is 0.372 e. The number of nitrogens with one attached hydrogen (secondary N) is 2. The fraction of sp³-hybridized carbons (Fsp3) is 0.348. The van der Waals surface area contributed by atoms with Gasteiger partial charge in [-0.05, 0) is 44.0 Å². The average molecular weight is 482 g/mol. The van der Waals surface area contributed by atoms with E-state index in [0.717, 1.165) is 5.56 Å². The van der Waals surface area contributed by atoms with Crippen molar-refractivity contribution in [2.75, 3.05) is 11.4 Å². The van der Waals surface area contributed by atoms with E-state index < -0.39 is 35.4 Å². The van der Waals surface area contributed by atoms with E-state index in [1.807, 2.05) is 24.8 Å². The summed E-state index contributed by atoms with van der Waals surface area (Å²) in [7, 11) is 0. The lowest BCUT2D eigenvalue weighted by atomic mass is 9.66. The van der Waals surface area contributed by atoms with Gasteiger partial charge in [-0.2, -0.15) is 0 Å². The molecule has 3 aromatic rings. The molecule has 0 saturated carbocycles. The first kappa shape index (κ1) is 21.1. The van der Waals surface area contributed by atoms with Crippen LogP contribution in [-0.4, -0.2) is 52.8 Å². The molecule has 10 nitrogen and oxygen atoms in total. The standard InChI is InChI=1S/C23H20ClN5O5/c1-10-9-29-17-13(7-14-16(12-3-5-25-6-4-12)28-34-18(14)15(17)24)8-23(19(29)11(2)33-10)20(30)26-22(32)27-21(23)31/h3-7,10-11,19H,8-9H2,1-2H3,(H2,26,27,30,31,32)/t10-,11+,19-/m1/s1. The van der Waals surface area contributed by atoms with Gasteiger partial charge < -0.3 is 14.2 Å². The zero-order chi connectivity index (χ0) is 23.8. The van der Waals surface area contributed by atoms with Gasteiger partial charge in [0.1, 0.15) is 10.7 Å². The minimum Gasteiger partial charge on any atom is -0.372 e. The van der Waals surface area contributed by atoms with Crippen LogP contribution in [-0.2, 0) is 20.7 Å². The Morgan fingerprint density at radius 3 is 2.56 bits per heavy atom. The molecule has 11 heteroatoms. The van der Waals surface area contributed by atoms with Gasteiger partial charge in [-0.3, -0.25) is 25.2 Å². The van der Waals surface area contributed by atoms with Crippen molar-refractivity contribution in [3.05, 3.63) is 41.2 Å². The molecule has 1 aromatic carbocycles. The summed E-state index contributed by atoms with van der Waals surface area (Å²) in [5.41, 5.74) is 1.58. The van der Waals surface area contributed by atoms with Crippen LogP contribution in [0, 0.1) is 5.41 Å². The third kappa shape index (κ3) is 2.75. The molecule has 2 N–H and O–H groups in total. The lowest BCUT2D eigenvalue weighted by molar-refractivity contribution is -0.153. The van der Waals surface area contributed by atoms with Crippen LogP contribution in [0.2, 0.25) is 5.02 Å². The number of urea groups is 1.